The first-order valence-electron chi connectivity index (χ1n) is 9.74. The summed E-state index contributed by atoms with van der Waals surface area (Å²) in [5, 5.41) is 8.96. The van der Waals surface area contributed by atoms with Crippen molar-refractivity contribution >= 4 is 11.8 Å². The monoisotopic (exact) mass is 371 g/mol. The molecule has 144 valence electrons. The van der Waals surface area contributed by atoms with Gasteiger partial charge in [0.2, 0.25) is 5.91 Å². The topological polar surface area (TPSA) is 64.4 Å². The molecule has 3 rings (SSSR count). The molecule has 1 saturated heterocycles. The molecule has 0 bridgehead atoms. The summed E-state index contributed by atoms with van der Waals surface area (Å²) in [6.45, 7) is 5.60. The van der Waals surface area contributed by atoms with E-state index in [1.165, 1.54) is 25.0 Å². The fraction of sp³-hybridized carbons (Fsp3) is 0.571. The van der Waals surface area contributed by atoms with Gasteiger partial charge in [-0.25, -0.2) is 4.39 Å². The first-order chi connectivity index (χ1) is 12.9. The summed E-state index contributed by atoms with van der Waals surface area (Å²) in [5.74, 6) is 0.204. The van der Waals surface area contributed by atoms with Gasteiger partial charge in [-0.2, -0.15) is 5.26 Å². The predicted molar refractivity (Wildman–Crippen MR) is 99.3 cm³/mol. The highest BCUT2D eigenvalue weighted by atomic mass is 19.1. The zero-order valence-electron chi connectivity index (χ0n) is 15.9. The van der Waals surface area contributed by atoms with Gasteiger partial charge in [-0.1, -0.05) is 19.8 Å². The van der Waals surface area contributed by atoms with Gasteiger partial charge < -0.3 is 9.80 Å². The van der Waals surface area contributed by atoms with Crippen molar-refractivity contribution in [3.05, 3.63) is 35.1 Å². The van der Waals surface area contributed by atoms with E-state index in [2.05, 4.69) is 6.92 Å². The van der Waals surface area contributed by atoms with Crippen molar-refractivity contribution in [3.63, 3.8) is 0 Å². The fourth-order valence-corrected chi connectivity index (χ4v) is 4.21. The maximum absolute atomic E-state index is 13.5. The van der Waals surface area contributed by atoms with Gasteiger partial charge in [0.25, 0.3) is 5.91 Å². The molecular formula is C21H26FN3O2. The van der Waals surface area contributed by atoms with Crippen LogP contribution in [0.25, 0.3) is 0 Å². The van der Waals surface area contributed by atoms with E-state index in [0.717, 1.165) is 18.9 Å². The minimum atomic E-state index is -0.626. The molecule has 1 saturated carbocycles. The van der Waals surface area contributed by atoms with Gasteiger partial charge in [0.1, 0.15) is 11.9 Å². The highest BCUT2D eigenvalue weighted by Gasteiger charge is 2.38. The van der Waals surface area contributed by atoms with Crippen LogP contribution in [0.4, 0.5) is 4.39 Å². The Kier molecular flexibility index (Phi) is 5.79. The summed E-state index contributed by atoms with van der Waals surface area (Å²) >= 11 is 0. The third-order valence-corrected chi connectivity index (χ3v) is 5.82. The molecule has 2 fully saturated rings. The molecule has 0 radical (unpaired) electrons. The van der Waals surface area contributed by atoms with E-state index in [4.69, 9.17) is 5.26 Å². The van der Waals surface area contributed by atoms with Crippen LogP contribution >= 0.6 is 0 Å². The van der Waals surface area contributed by atoms with Gasteiger partial charge in [0.05, 0.1) is 5.56 Å². The van der Waals surface area contributed by atoms with Crippen molar-refractivity contribution in [2.75, 3.05) is 19.6 Å². The van der Waals surface area contributed by atoms with E-state index >= 15 is 0 Å². The number of nitriles is 1. The minimum Gasteiger partial charge on any atom is -0.339 e. The van der Waals surface area contributed by atoms with E-state index in [1.807, 2.05) is 11.8 Å². The summed E-state index contributed by atoms with van der Waals surface area (Å²) in [4.78, 5) is 29.0. The molecule has 6 heteroatoms. The summed E-state index contributed by atoms with van der Waals surface area (Å²) < 4.78 is 13.5. The fourth-order valence-electron chi connectivity index (χ4n) is 4.21. The van der Waals surface area contributed by atoms with Gasteiger partial charge >= 0.3 is 0 Å². The second-order valence-corrected chi connectivity index (χ2v) is 7.76. The zero-order chi connectivity index (χ0) is 19.6. The summed E-state index contributed by atoms with van der Waals surface area (Å²) in [7, 11) is 0. The lowest BCUT2D eigenvalue weighted by molar-refractivity contribution is -0.142. The molecule has 0 spiro atoms. The molecule has 0 N–H and O–H groups in total. The average molecular weight is 371 g/mol. The summed E-state index contributed by atoms with van der Waals surface area (Å²) in [6, 6.07) is 5.51. The number of nitrogens with zero attached hydrogens (tertiary/aromatic N) is 3. The molecular weight excluding hydrogens is 345 g/mol. The second kappa shape index (κ2) is 8.08. The van der Waals surface area contributed by atoms with Crippen LogP contribution in [-0.2, 0) is 4.79 Å². The van der Waals surface area contributed by atoms with Crippen molar-refractivity contribution in [1.82, 2.24) is 9.80 Å². The molecule has 2 aliphatic rings. The quantitative estimate of drug-likeness (QED) is 0.816. The number of hydrogen-bond acceptors (Lipinski definition) is 3. The Morgan fingerprint density at radius 2 is 2.04 bits per heavy atom. The number of carbonyl (C=O) groups is 2. The van der Waals surface area contributed by atoms with Crippen LogP contribution in [0.15, 0.2) is 18.2 Å². The number of piperazine rings is 1. The lowest BCUT2D eigenvalue weighted by Gasteiger charge is -2.43. The van der Waals surface area contributed by atoms with Crippen LogP contribution in [0.2, 0.25) is 0 Å². The van der Waals surface area contributed by atoms with Crippen LogP contribution < -0.4 is 0 Å². The van der Waals surface area contributed by atoms with Crippen molar-refractivity contribution in [2.24, 2.45) is 11.8 Å². The van der Waals surface area contributed by atoms with E-state index in [1.54, 1.807) is 11.0 Å². The van der Waals surface area contributed by atoms with Crippen molar-refractivity contribution in [2.45, 2.75) is 45.6 Å². The van der Waals surface area contributed by atoms with E-state index in [-0.39, 0.29) is 29.3 Å². The Hall–Kier alpha value is -2.42. The smallest absolute Gasteiger partial charge is 0.254 e. The van der Waals surface area contributed by atoms with Gasteiger partial charge in [-0.05, 0) is 43.9 Å². The molecule has 1 aliphatic carbocycles. The number of amides is 2. The molecule has 1 aromatic carbocycles. The second-order valence-electron chi connectivity index (χ2n) is 7.76. The molecule has 1 aliphatic heterocycles. The third-order valence-electron chi connectivity index (χ3n) is 5.82. The first kappa shape index (κ1) is 19.3. The average Bonchev–Trinajstić information content (AvgIpc) is 2.63. The van der Waals surface area contributed by atoms with Crippen molar-refractivity contribution < 1.29 is 14.0 Å². The maximum atomic E-state index is 13.5. The Balaban J connectivity index is 1.59. The molecule has 1 atom stereocenters. The van der Waals surface area contributed by atoms with Gasteiger partial charge in [-0.3, -0.25) is 9.59 Å². The number of hydrogen-bond donors (Lipinski definition) is 0. The first-order valence-corrected chi connectivity index (χ1v) is 9.74. The number of halogens is 1. The highest BCUT2D eigenvalue weighted by molar-refractivity contribution is 5.95. The number of benzene rings is 1. The third kappa shape index (κ3) is 3.97. The van der Waals surface area contributed by atoms with Crippen LogP contribution in [0.5, 0.6) is 0 Å². The lowest BCUT2D eigenvalue weighted by atomic mass is 9.72. The van der Waals surface area contributed by atoms with Gasteiger partial charge in [0.15, 0.2) is 0 Å². The summed E-state index contributed by atoms with van der Waals surface area (Å²) in [5.41, 5.74) is 0.176. The molecule has 27 heavy (non-hydrogen) atoms. The van der Waals surface area contributed by atoms with Crippen LogP contribution in [0, 0.1) is 29.0 Å². The van der Waals surface area contributed by atoms with Crippen molar-refractivity contribution in [1.29, 1.82) is 5.26 Å². The minimum absolute atomic E-state index is 0.114. The Bertz CT molecular complexity index is 767. The van der Waals surface area contributed by atoms with Crippen molar-refractivity contribution in [3.8, 4) is 6.07 Å². The molecule has 0 unspecified atom stereocenters. The largest absolute Gasteiger partial charge is 0.339 e. The predicted octanol–water partition coefficient (Wildman–Crippen LogP) is 3.20. The number of rotatable bonds is 4. The Labute approximate surface area is 159 Å². The van der Waals surface area contributed by atoms with Gasteiger partial charge in [0, 0.05) is 37.2 Å². The molecule has 5 nitrogen and oxygen atoms in total. The van der Waals surface area contributed by atoms with Crippen LogP contribution in [-0.4, -0.2) is 47.3 Å². The normalized spacial score (nSPS) is 24.9. The lowest BCUT2D eigenvalue weighted by Crippen LogP contribution is -2.57. The van der Waals surface area contributed by atoms with Crippen LogP contribution in [0.1, 0.15) is 55.5 Å². The van der Waals surface area contributed by atoms with Gasteiger partial charge in [-0.15, -0.1) is 0 Å². The molecule has 1 aromatic rings. The molecule has 2 amide bonds. The Morgan fingerprint density at radius 3 is 2.67 bits per heavy atom. The summed E-state index contributed by atoms with van der Waals surface area (Å²) in [6.07, 6.45) is 4.35. The highest BCUT2D eigenvalue weighted by Crippen LogP contribution is 2.38. The van der Waals surface area contributed by atoms with E-state index < -0.39 is 5.82 Å². The SMILES string of the molecule is CCCC1CC(C(=O)N2CCN(C(=O)c3ccc(F)c(C#N)c3)[C@H](C)C2)C1. The molecule has 1 heterocycles. The maximum Gasteiger partial charge on any atom is 0.254 e. The van der Waals surface area contributed by atoms with Crippen LogP contribution in [0.3, 0.4) is 0 Å². The molecule has 0 aromatic heterocycles. The zero-order valence-corrected chi connectivity index (χ0v) is 15.9. The standard InChI is InChI=1S/C21H26FN3O2/c1-3-4-15-9-17(10-15)20(26)24-7-8-25(14(2)13-24)21(27)16-5-6-19(22)18(11-16)12-23/h5-6,11,14-15,17H,3-4,7-10,13H2,1-2H3/t14-,15?,17?/m1/s1. The van der Waals surface area contributed by atoms with E-state index in [0.29, 0.717) is 31.1 Å². The number of carbonyl (C=O) groups excluding carboxylic acids is 2. The van der Waals surface area contributed by atoms with E-state index in [9.17, 15) is 14.0 Å². The Morgan fingerprint density at radius 1 is 1.30 bits per heavy atom.